The van der Waals surface area contributed by atoms with Crippen molar-refractivity contribution in [3.05, 3.63) is 56.7 Å². The molecule has 0 bridgehead atoms. The monoisotopic (exact) mass is 370 g/mol. The van der Waals surface area contributed by atoms with Gasteiger partial charge < -0.3 is 10.5 Å². The SMILES string of the molecule is NCc1cc(COc2ccc(Br)cc2Br)ccn1. The van der Waals surface area contributed by atoms with Gasteiger partial charge in [0.1, 0.15) is 12.4 Å². The molecule has 0 saturated heterocycles. The summed E-state index contributed by atoms with van der Waals surface area (Å²) in [5, 5.41) is 0. The predicted octanol–water partition coefficient (Wildman–Crippen LogP) is 3.64. The summed E-state index contributed by atoms with van der Waals surface area (Å²) in [6.07, 6.45) is 1.75. The Bertz CT molecular complexity index is 546. The zero-order valence-electron chi connectivity index (χ0n) is 9.57. The van der Waals surface area contributed by atoms with E-state index in [1.165, 1.54) is 0 Å². The molecule has 0 amide bonds. The molecule has 3 nitrogen and oxygen atoms in total. The lowest BCUT2D eigenvalue weighted by Crippen LogP contribution is -2.02. The maximum Gasteiger partial charge on any atom is 0.134 e. The van der Waals surface area contributed by atoms with Gasteiger partial charge in [0, 0.05) is 17.2 Å². The summed E-state index contributed by atoms with van der Waals surface area (Å²) in [5.41, 5.74) is 7.47. The standard InChI is InChI=1S/C13H12Br2N2O/c14-10-1-2-13(12(15)6-10)18-8-9-3-4-17-11(5-9)7-16/h1-6H,7-8,16H2. The van der Waals surface area contributed by atoms with Gasteiger partial charge in [0.2, 0.25) is 0 Å². The van der Waals surface area contributed by atoms with E-state index >= 15 is 0 Å². The second-order valence-electron chi connectivity index (χ2n) is 3.72. The van der Waals surface area contributed by atoms with Crippen LogP contribution in [0.4, 0.5) is 0 Å². The molecule has 0 aliphatic heterocycles. The van der Waals surface area contributed by atoms with Gasteiger partial charge in [-0.3, -0.25) is 4.98 Å². The molecule has 2 rings (SSSR count). The van der Waals surface area contributed by atoms with Gasteiger partial charge in [-0.25, -0.2) is 0 Å². The van der Waals surface area contributed by atoms with Gasteiger partial charge >= 0.3 is 0 Å². The molecule has 0 unspecified atom stereocenters. The zero-order valence-corrected chi connectivity index (χ0v) is 12.7. The van der Waals surface area contributed by atoms with Crippen LogP contribution in [-0.2, 0) is 13.2 Å². The van der Waals surface area contributed by atoms with E-state index in [1.807, 2.05) is 30.3 Å². The minimum atomic E-state index is 0.440. The lowest BCUT2D eigenvalue weighted by molar-refractivity contribution is 0.304. The van der Waals surface area contributed by atoms with Crippen molar-refractivity contribution in [1.29, 1.82) is 0 Å². The van der Waals surface area contributed by atoms with Gasteiger partial charge in [0.25, 0.3) is 0 Å². The van der Waals surface area contributed by atoms with Crippen LogP contribution in [0, 0.1) is 0 Å². The van der Waals surface area contributed by atoms with Crippen LogP contribution in [0.3, 0.4) is 0 Å². The zero-order chi connectivity index (χ0) is 13.0. The van der Waals surface area contributed by atoms with E-state index in [2.05, 4.69) is 36.8 Å². The minimum absolute atomic E-state index is 0.440. The molecule has 0 aliphatic rings. The quantitative estimate of drug-likeness (QED) is 0.892. The lowest BCUT2D eigenvalue weighted by Gasteiger charge is -2.09. The van der Waals surface area contributed by atoms with Crippen molar-refractivity contribution in [2.24, 2.45) is 5.73 Å². The molecular formula is C13H12Br2N2O. The van der Waals surface area contributed by atoms with Gasteiger partial charge in [-0.1, -0.05) is 15.9 Å². The molecular weight excluding hydrogens is 360 g/mol. The van der Waals surface area contributed by atoms with Gasteiger partial charge in [-0.05, 0) is 51.8 Å². The first-order valence-corrected chi connectivity index (χ1v) is 6.99. The summed E-state index contributed by atoms with van der Waals surface area (Å²) >= 11 is 6.86. The first-order valence-electron chi connectivity index (χ1n) is 5.41. The van der Waals surface area contributed by atoms with Crippen LogP contribution in [-0.4, -0.2) is 4.98 Å². The number of nitrogens with two attached hydrogens (primary N) is 1. The molecule has 2 N–H and O–H groups in total. The van der Waals surface area contributed by atoms with E-state index in [0.29, 0.717) is 13.2 Å². The van der Waals surface area contributed by atoms with Crippen LogP contribution < -0.4 is 10.5 Å². The maximum absolute atomic E-state index is 5.74. The molecule has 0 fully saturated rings. The molecule has 1 aromatic heterocycles. The third kappa shape index (κ3) is 3.54. The lowest BCUT2D eigenvalue weighted by atomic mass is 10.2. The van der Waals surface area contributed by atoms with Crippen molar-refractivity contribution in [3.63, 3.8) is 0 Å². The second-order valence-corrected chi connectivity index (χ2v) is 5.49. The van der Waals surface area contributed by atoms with Crippen LogP contribution in [0.15, 0.2) is 45.5 Å². The smallest absolute Gasteiger partial charge is 0.134 e. The first-order chi connectivity index (χ1) is 8.69. The number of pyridine rings is 1. The summed E-state index contributed by atoms with van der Waals surface area (Å²) in [6.45, 7) is 0.936. The summed E-state index contributed by atoms with van der Waals surface area (Å²) in [6, 6.07) is 9.68. The molecule has 0 atom stereocenters. The van der Waals surface area contributed by atoms with Gasteiger partial charge in [-0.15, -0.1) is 0 Å². The van der Waals surface area contributed by atoms with Crippen molar-refractivity contribution in [2.45, 2.75) is 13.2 Å². The number of ether oxygens (including phenoxy) is 1. The average Bonchev–Trinajstić information content (AvgIpc) is 2.38. The first kappa shape index (κ1) is 13.5. The van der Waals surface area contributed by atoms with E-state index in [-0.39, 0.29) is 0 Å². The van der Waals surface area contributed by atoms with Gasteiger partial charge in [0.05, 0.1) is 10.2 Å². The molecule has 1 aromatic carbocycles. The Morgan fingerprint density at radius 2 is 2.00 bits per heavy atom. The predicted molar refractivity (Wildman–Crippen MR) is 78.3 cm³/mol. The Hall–Kier alpha value is -0.910. The summed E-state index contributed by atoms with van der Waals surface area (Å²) in [4.78, 5) is 4.15. The Labute approximate surface area is 123 Å². The van der Waals surface area contributed by atoms with Crippen LogP contribution in [0.1, 0.15) is 11.3 Å². The van der Waals surface area contributed by atoms with E-state index in [4.69, 9.17) is 10.5 Å². The highest BCUT2D eigenvalue weighted by molar-refractivity contribution is 9.11. The van der Waals surface area contributed by atoms with Crippen LogP contribution in [0.25, 0.3) is 0 Å². The van der Waals surface area contributed by atoms with Crippen molar-refractivity contribution in [1.82, 2.24) is 4.98 Å². The summed E-state index contributed by atoms with van der Waals surface area (Å²) in [7, 11) is 0. The fourth-order valence-electron chi connectivity index (χ4n) is 1.48. The number of halogens is 2. The van der Waals surface area contributed by atoms with E-state index in [0.717, 1.165) is 26.0 Å². The van der Waals surface area contributed by atoms with Gasteiger partial charge in [-0.2, -0.15) is 0 Å². The average molecular weight is 372 g/mol. The van der Waals surface area contributed by atoms with Crippen molar-refractivity contribution in [2.75, 3.05) is 0 Å². The molecule has 1 heterocycles. The number of hydrogen-bond donors (Lipinski definition) is 1. The maximum atomic E-state index is 5.74. The fraction of sp³-hybridized carbons (Fsp3) is 0.154. The second kappa shape index (κ2) is 6.31. The Morgan fingerprint density at radius 3 is 2.72 bits per heavy atom. The molecule has 18 heavy (non-hydrogen) atoms. The number of nitrogens with zero attached hydrogens (tertiary/aromatic N) is 1. The molecule has 2 aromatic rings. The highest BCUT2D eigenvalue weighted by Gasteiger charge is 2.03. The van der Waals surface area contributed by atoms with Crippen molar-refractivity contribution < 1.29 is 4.74 Å². The number of benzene rings is 1. The highest BCUT2D eigenvalue weighted by Crippen LogP contribution is 2.28. The van der Waals surface area contributed by atoms with Crippen LogP contribution in [0.5, 0.6) is 5.75 Å². The molecule has 0 aliphatic carbocycles. The van der Waals surface area contributed by atoms with E-state index in [9.17, 15) is 0 Å². The third-order valence-corrected chi connectivity index (χ3v) is 3.49. The summed E-state index contributed by atoms with van der Waals surface area (Å²) in [5.74, 6) is 0.810. The number of rotatable bonds is 4. The number of hydrogen-bond acceptors (Lipinski definition) is 3. The Kier molecular flexibility index (Phi) is 4.74. The molecule has 0 spiro atoms. The molecule has 0 radical (unpaired) electrons. The van der Waals surface area contributed by atoms with Crippen molar-refractivity contribution in [3.8, 4) is 5.75 Å². The Balaban J connectivity index is 2.06. The van der Waals surface area contributed by atoms with Crippen LogP contribution in [0.2, 0.25) is 0 Å². The van der Waals surface area contributed by atoms with Crippen molar-refractivity contribution >= 4 is 31.9 Å². The van der Waals surface area contributed by atoms with E-state index in [1.54, 1.807) is 6.20 Å². The molecule has 0 saturated carbocycles. The van der Waals surface area contributed by atoms with Gasteiger partial charge in [0.15, 0.2) is 0 Å². The number of aromatic nitrogens is 1. The normalized spacial score (nSPS) is 10.4. The largest absolute Gasteiger partial charge is 0.488 e. The highest BCUT2D eigenvalue weighted by atomic mass is 79.9. The topological polar surface area (TPSA) is 48.1 Å². The molecule has 5 heteroatoms. The van der Waals surface area contributed by atoms with E-state index < -0.39 is 0 Å². The van der Waals surface area contributed by atoms with Crippen LogP contribution >= 0.6 is 31.9 Å². The minimum Gasteiger partial charge on any atom is -0.488 e. The molecule has 94 valence electrons. The fourth-order valence-corrected chi connectivity index (χ4v) is 2.64. The summed E-state index contributed by atoms with van der Waals surface area (Å²) < 4.78 is 7.67. The third-order valence-electron chi connectivity index (χ3n) is 2.38. The Morgan fingerprint density at radius 1 is 1.17 bits per heavy atom.